The molecule has 4 nitrogen and oxygen atoms in total. The Kier molecular flexibility index (Phi) is 6.77. The van der Waals surface area contributed by atoms with Crippen molar-refractivity contribution >= 4 is 11.9 Å². The molecule has 0 saturated heterocycles. The van der Waals surface area contributed by atoms with E-state index in [4.69, 9.17) is 9.47 Å². The number of para-hydroxylation sites is 2. The van der Waals surface area contributed by atoms with Crippen LogP contribution < -0.4 is 9.47 Å². The molecule has 110 valence electrons. The molecule has 0 aliphatic heterocycles. The van der Waals surface area contributed by atoms with Crippen LogP contribution in [0.25, 0.3) is 0 Å². The van der Waals surface area contributed by atoms with E-state index in [0.29, 0.717) is 5.75 Å². The van der Waals surface area contributed by atoms with Gasteiger partial charge in [0.2, 0.25) is 0 Å². The monoisotopic (exact) mass is 278 g/mol. The number of hydrogen-bond acceptors (Lipinski definition) is 4. The fourth-order valence-electron chi connectivity index (χ4n) is 2.04. The van der Waals surface area contributed by atoms with E-state index in [1.54, 1.807) is 24.3 Å². The number of esters is 2. The van der Waals surface area contributed by atoms with Crippen molar-refractivity contribution in [2.45, 2.75) is 46.5 Å². The molecule has 0 aliphatic carbocycles. The topological polar surface area (TPSA) is 52.6 Å². The second kappa shape index (κ2) is 8.35. The minimum atomic E-state index is -0.438. The Morgan fingerprint density at radius 1 is 1.00 bits per heavy atom. The number of ether oxygens (including phenoxy) is 2. The van der Waals surface area contributed by atoms with Crippen LogP contribution in [0.2, 0.25) is 0 Å². The molecule has 0 radical (unpaired) electrons. The molecule has 0 saturated carbocycles. The fraction of sp³-hybridized carbons (Fsp3) is 0.500. The van der Waals surface area contributed by atoms with Gasteiger partial charge < -0.3 is 9.47 Å². The third-order valence-electron chi connectivity index (χ3n) is 2.92. The first-order valence-electron chi connectivity index (χ1n) is 7.07. The summed E-state index contributed by atoms with van der Waals surface area (Å²) in [4.78, 5) is 23.2. The van der Waals surface area contributed by atoms with Crippen molar-refractivity contribution in [3.63, 3.8) is 0 Å². The van der Waals surface area contributed by atoms with Gasteiger partial charge in [-0.05, 0) is 25.0 Å². The standard InChI is InChI=1S/C16H22O4/c1-4-8-13(9-5-2)16(18)20-15-11-7-6-10-14(15)19-12(3)17/h6-7,10-11,13H,4-5,8-9H2,1-3H3. The number of carbonyl (C=O) groups excluding carboxylic acids is 2. The summed E-state index contributed by atoms with van der Waals surface area (Å²) in [7, 11) is 0. The van der Waals surface area contributed by atoms with E-state index in [9.17, 15) is 9.59 Å². The largest absolute Gasteiger partial charge is 0.423 e. The Bertz CT molecular complexity index is 448. The minimum absolute atomic E-state index is 0.101. The predicted molar refractivity (Wildman–Crippen MR) is 76.7 cm³/mol. The van der Waals surface area contributed by atoms with Crippen LogP contribution in [0.15, 0.2) is 24.3 Å². The molecule has 0 bridgehead atoms. The van der Waals surface area contributed by atoms with Crippen LogP contribution in [-0.4, -0.2) is 11.9 Å². The van der Waals surface area contributed by atoms with Crippen molar-refractivity contribution in [2.75, 3.05) is 0 Å². The van der Waals surface area contributed by atoms with Gasteiger partial charge in [0.1, 0.15) is 0 Å². The fourth-order valence-corrected chi connectivity index (χ4v) is 2.04. The number of rotatable bonds is 7. The van der Waals surface area contributed by atoms with Crippen molar-refractivity contribution in [1.29, 1.82) is 0 Å². The highest BCUT2D eigenvalue weighted by molar-refractivity contribution is 5.77. The van der Waals surface area contributed by atoms with Gasteiger partial charge in [-0.25, -0.2) is 0 Å². The first-order chi connectivity index (χ1) is 9.58. The van der Waals surface area contributed by atoms with E-state index in [-0.39, 0.29) is 17.6 Å². The zero-order valence-electron chi connectivity index (χ0n) is 12.3. The second-order valence-corrected chi connectivity index (χ2v) is 4.74. The number of carbonyl (C=O) groups is 2. The van der Waals surface area contributed by atoms with Gasteiger partial charge in [0.25, 0.3) is 0 Å². The van der Waals surface area contributed by atoms with Gasteiger partial charge in [0, 0.05) is 6.92 Å². The first kappa shape index (κ1) is 16.2. The molecule has 1 rings (SSSR count). The molecule has 0 aromatic heterocycles. The predicted octanol–water partition coefficient (Wildman–Crippen LogP) is 3.73. The molecule has 20 heavy (non-hydrogen) atoms. The first-order valence-corrected chi connectivity index (χ1v) is 7.07. The van der Waals surface area contributed by atoms with Crippen LogP contribution in [0, 0.1) is 5.92 Å². The Hall–Kier alpha value is -1.84. The molecule has 0 spiro atoms. The Morgan fingerprint density at radius 2 is 1.50 bits per heavy atom. The summed E-state index contributed by atoms with van der Waals surface area (Å²) >= 11 is 0. The third kappa shape index (κ3) is 5.03. The van der Waals surface area contributed by atoms with E-state index < -0.39 is 5.97 Å². The van der Waals surface area contributed by atoms with Gasteiger partial charge in [0.05, 0.1) is 5.92 Å². The molecule has 0 unspecified atom stereocenters. The summed E-state index contributed by atoms with van der Waals surface area (Å²) in [5.41, 5.74) is 0. The van der Waals surface area contributed by atoms with E-state index in [0.717, 1.165) is 25.7 Å². The van der Waals surface area contributed by atoms with Crippen LogP contribution in [0.1, 0.15) is 46.5 Å². The maximum Gasteiger partial charge on any atom is 0.314 e. The summed E-state index contributed by atoms with van der Waals surface area (Å²) in [5, 5.41) is 0. The average Bonchev–Trinajstić information content (AvgIpc) is 2.40. The zero-order valence-corrected chi connectivity index (χ0v) is 12.3. The van der Waals surface area contributed by atoms with Gasteiger partial charge in [0.15, 0.2) is 11.5 Å². The molecule has 0 heterocycles. The van der Waals surface area contributed by atoms with Gasteiger partial charge >= 0.3 is 11.9 Å². The molecule has 4 heteroatoms. The Morgan fingerprint density at radius 3 is 1.95 bits per heavy atom. The zero-order chi connectivity index (χ0) is 15.0. The minimum Gasteiger partial charge on any atom is -0.423 e. The second-order valence-electron chi connectivity index (χ2n) is 4.74. The van der Waals surface area contributed by atoms with Gasteiger partial charge in [-0.15, -0.1) is 0 Å². The van der Waals surface area contributed by atoms with Crippen LogP contribution in [0.4, 0.5) is 0 Å². The number of hydrogen-bond donors (Lipinski definition) is 0. The molecular weight excluding hydrogens is 256 g/mol. The average molecular weight is 278 g/mol. The lowest BCUT2D eigenvalue weighted by atomic mass is 9.99. The Labute approximate surface area is 120 Å². The molecule has 1 aromatic carbocycles. The van der Waals surface area contributed by atoms with Crippen molar-refractivity contribution in [3.8, 4) is 11.5 Å². The molecular formula is C16H22O4. The summed E-state index contributed by atoms with van der Waals surface area (Å²) in [6.07, 6.45) is 3.49. The normalized spacial score (nSPS) is 10.4. The summed E-state index contributed by atoms with van der Waals surface area (Å²) < 4.78 is 10.4. The highest BCUT2D eigenvalue weighted by atomic mass is 16.6. The van der Waals surface area contributed by atoms with Crippen molar-refractivity contribution in [3.05, 3.63) is 24.3 Å². The van der Waals surface area contributed by atoms with Crippen molar-refractivity contribution in [1.82, 2.24) is 0 Å². The quantitative estimate of drug-likeness (QED) is 0.563. The summed E-state index contributed by atoms with van der Waals surface area (Å²) in [5.74, 6) is -0.221. The summed E-state index contributed by atoms with van der Waals surface area (Å²) in [6, 6.07) is 6.71. The van der Waals surface area contributed by atoms with Crippen LogP contribution >= 0.6 is 0 Å². The van der Waals surface area contributed by atoms with E-state index in [1.165, 1.54) is 6.92 Å². The van der Waals surface area contributed by atoms with E-state index >= 15 is 0 Å². The van der Waals surface area contributed by atoms with Crippen molar-refractivity contribution in [2.24, 2.45) is 5.92 Å². The lowest BCUT2D eigenvalue weighted by Crippen LogP contribution is -2.21. The molecule has 0 amide bonds. The lowest BCUT2D eigenvalue weighted by Gasteiger charge is -2.15. The highest BCUT2D eigenvalue weighted by Gasteiger charge is 2.20. The molecule has 0 N–H and O–H groups in total. The van der Waals surface area contributed by atoms with Crippen LogP contribution in [-0.2, 0) is 9.59 Å². The molecule has 0 atom stereocenters. The van der Waals surface area contributed by atoms with Crippen LogP contribution in [0.5, 0.6) is 11.5 Å². The summed E-state index contributed by atoms with van der Waals surface area (Å²) in [6.45, 7) is 5.40. The maximum atomic E-state index is 12.2. The van der Waals surface area contributed by atoms with Gasteiger partial charge in [-0.3, -0.25) is 9.59 Å². The molecule has 0 aliphatic rings. The van der Waals surface area contributed by atoms with Crippen LogP contribution in [0.3, 0.4) is 0 Å². The van der Waals surface area contributed by atoms with Gasteiger partial charge in [-0.1, -0.05) is 38.8 Å². The number of benzene rings is 1. The van der Waals surface area contributed by atoms with Gasteiger partial charge in [-0.2, -0.15) is 0 Å². The third-order valence-corrected chi connectivity index (χ3v) is 2.92. The Balaban J connectivity index is 2.80. The molecule has 1 aromatic rings. The smallest absolute Gasteiger partial charge is 0.314 e. The van der Waals surface area contributed by atoms with Crippen molar-refractivity contribution < 1.29 is 19.1 Å². The molecule has 0 fully saturated rings. The van der Waals surface area contributed by atoms with E-state index in [1.807, 2.05) is 13.8 Å². The maximum absolute atomic E-state index is 12.2. The van der Waals surface area contributed by atoms with E-state index in [2.05, 4.69) is 0 Å². The SMILES string of the molecule is CCCC(CCC)C(=O)Oc1ccccc1OC(C)=O. The highest BCUT2D eigenvalue weighted by Crippen LogP contribution is 2.28. The lowest BCUT2D eigenvalue weighted by molar-refractivity contribution is -0.140.